The Morgan fingerprint density at radius 1 is 1.29 bits per heavy atom. The SMILES string of the molecule is Cc1cc(C)n(C(C)CC(=O)Nc2ccc(F)c(F)c2)n1. The van der Waals surface area contributed by atoms with Gasteiger partial charge in [-0.05, 0) is 39.0 Å². The monoisotopic (exact) mass is 293 g/mol. The average molecular weight is 293 g/mol. The summed E-state index contributed by atoms with van der Waals surface area (Å²) < 4.78 is 27.7. The van der Waals surface area contributed by atoms with Crippen LogP contribution in [-0.2, 0) is 4.79 Å². The Morgan fingerprint density at radius 3 is 2.57 bits per heavy atom. The Balaban J connectivity index is 2.01. The van der Waals surface area contributed by atoms with Crippen LogP contribution in [0.4, 0.5) is 14.5 Å². The van der Waals surface area contributed by atoms with Crippen LogP contribution in [0.3, 0.4) is 0 Å². The number of hydrogen-bond acceptors (Lipinski definition) is 2. The molecule has 0 radical (unpaired) electrons. The molecule has 6 heteroatoms. The molecule has 1 amide bonds. The van der Waals surface area contributed by atoms with E-state index in [1.165, 1.54) is 6.07 Å². The van der Waals surface area contributed by atoms with Crippen LogP contribution in [0, 0.1) is 25.5 Å². The maximum atomic E-state index is 13.1. The first-order valence-electron chi connectivity index (χ1n) is 6.64. The predicted octanol–water partition coefficient (Wildman–Crippen LogP) is 3.37. The number of rotatable bonds is 4. The van der Waals surface area contributed by atoms with Gasteiger partial charge in [0.15, 0.2) is 11.6 Å². The molecule has 0 aliphatic rings. The largest absolute Gasteiger partial charge is 0.326 e. The molecular formula is C15H17F2N3O. The Kier molecular flexibility index (Phi) is 4.35. The number of carbonyl (C=O) groups is 1. The molecule has 0 aliphatic heterocycles. The highest BCUT2D eigenvalue weighted by atomic mass is 19.2. The van der Waals surface area contributed by atoms with Gasteiger partial charge in [-0.15, -0.1) is 0 Å². The maximum Gasteiger partial charge on any atom is 0.226 e. The molecule has 4 nitrogen and oxygen atoms in total. The van der Waals surface area contributed by atoms with Crippen LogP contribution >= 0.6 is 0 Å². The molecule has 0 saturated carbocycles. The third kappa shape index (κ3) is 3.65. The van der Waals surface area contributed by atoms with E-state index >= 15 is 0 Å². The van der Waals surface area contributed by atoms with Gasteiger partial charge >= 0.3 is 0 Å². The number of anilines is 1. The van der Waals surface area contributed by atoms with Crippen molar-refractivity contribution in [1.29, 1.82) is 0 Å². The van der Waals surface area contributed by atoms with Crippen LogP contribution in [0.2, 0.25) is 0 Å². The summed E-state index contributed by atoms with van der Waals surface area (Å²) in [5, 5.41) is 6.87. The normalized spacial score (nSPS) is 12.2. The number of hydrogen-bond donors (Lipinski definition) is 1. The van der Waals surface area contributed by atoms with E-state index in [0.29, 0.717) is 0 Å². The number of halogens is 2. The summed E-state index contributed by atoms with van der Waals surface area (Å²) in [4.78, 5) is 11.9. The summed E-state index contributed by atoms with van der Waals surface area (Å²) in [7, 11) is 0. The molecule has 21 heavy (non-hydrogen) atoms. The molecule has 0 aliphatic carbocycles. The number of amides is 1. The first-order chi connectivity index (χ1) is 9.86. The fraction of sp³-hybridized carbons (Fsp3) is 0.333. The van der Waals surface area contributed by atoms with Gasteiger partial charge in [0.2, 0.25) is 5.91 Å². The van der Waals surface area contributed by atoms with E-state index in [1.807, 2.05) is 26.8 Å². The van der Waals surface area contributed by atoms with Crippen LogP contribution in [0.5, 0.6) is 0 Å². The Bertz CT molecular complexity index is 667. The average Bonchev–Trinajstić information content (AvgIpc) is 2.73. The number of benzene rings is 1. The second-order valence-electron chi connectivity index (χ2n) is 5.10. The molecule has 1 unspecified atom stereocenters. The fourth-order valence-electron chi connectivity index (χ4n) is 2.23. The van der Waals surface area contributed by atoms with Crippen LogP contribution in [0.1, 0.15) is 30.8 Å². The zero-order valence-electron chi connectivity index (χ0n) is 12.2. The third-order valence-electron chi connectivity index (χ3n) is 3.15. The van der Waals surface area contributed by atoms with E-state index in [1.54, 1.807) is 4.68 Å². The maximum absolute atomic E-state index is 13.1. The molecule has 1 atom stereocenters. The highest BCUT2D eigenvalue weighted by molar-refractivity contribution is 5.90. The minimum Gasteiger partial charge on any atom is -0.326 e. The summed E-state index contributed by atoms with van der Waals surface area (Å²) in [6, 6.07) is 5.08. The molecule has 1 heterocycles. The zero-order valence-corrected chi connectivity index (χ0v) is 12.2. The summed E-state index contributed by atoms with van der Waals surface area (Å²) >= 11 is 0. The number of carbonyl (C=O) groups excluding carboxylic acids is 1. The van der Waals surface area contributed by atoms with Gasteiger partial charge in [-0.2, -0.15) is 5.10 Å². The lowest BCUT2D eigenvalue weighted by atomic mass is 10.2. The summed E-state index contributed by atoms with van der Waals surface area (Å²) in [5.41, 5.74) is 2.10. The fourth-order valence-corrected chi connectivity index (χ4v) is 2.23. The third-order valence-corrected chi connectivity index (χ3v) is 3.15. The molecule has 2 rings (SSSR count). The van der Waals surface area contributed by atoms with Gasteiger partial charge in [-0.1, -0.05) is 0 Å². The van der Waals surface area contributed by atoms with Gasteiger partial charge in [-0.3, -0.25) is 9.48 Å². The van der Waals surface area contributed by atoms with E-state index in [0.717, 1.165) is 23.5 Å². The Labute approximate surface area is 121 Å². The van der Waals surface area contributed by atoms with Gasteiger partial charge in [0.05, 0.1) is 11.7 Å². The molecular weight excluding hydrogens is 276 g/mol. The van der Waals surface area contributed by atoms with Crippen molar-refractivity contribution < 1.29 is 13.6 Å². The topological polar surface area (TPSA) is 46.9 Å². The van der Waals surface area contributed by atoms with Crippen molar-refractivity contribution in [2.45, 2.75) is 33.2 Å². The molecule has 0 saturated heterocycles. The summed E-state index contributed by atoms with van der Waals surface area (Å²) in [6.45, 7) is 5.69. The van der Waals surface area contributed by atoms with E-state index in [2.05, 4.69) is 10.4 Å². The van der Waals surface area contributed by atoms with Crippen LogP contribution in [0.25, 0.3) is 0 Å². The number of aromatic nitrogens is 2. The van der Waals surface area contributed by atoms with Crippen LogP contribution < -0.4 is 5.32 Å². The number of nitrogens with zero attached hydrogens (tertiary/aromatic N) is 2. The smallest absolute Gasteiger partial charge is 0.226 e. The molecule has 0 bridgehead atoms. The highest BCUT2D eigenvalue weighted by Crippen LogP contribution is 2.17. The first kappa shape index (κ1) is 15.2. The van der Waals surface area contributed by atoms with Crippen molar-refractivity contribution in [3.8, 4) is 0 Å². The quantitative estimate of drug-likeness (QED) is 0.939. The zero-order chi connectivity index (χ0) is 15.6. The van der Waals surface area contributed by atoms with E-state index < -0.39 is 11.6 Å². The Hall–Kier alpha value is -2.24. The lowest BCUT2D eigenvalue weighted by Crippen LogP contribution is -2.19. The van der Waals surface area contributed by atoms with Crippen molar-refractivity contribution in [3.63, 3.8) is 0 Å². The Morgan fingerprint density at radius 2 is 2.00 bits per heavy atom. The molecule has 1 aromatic carbocycles. The molecule has 112 valence electrons. The lowest BCUT2D eigenvalue weighted by molar-refractivity contribution is -0.116. The highest BCUT2D eigenvalue weighted by Gasteiger charge is 2.14. The van der Waals surface area contributed by atoms with Crippen molar-refractivity contribution in [1.82, 2.24) is 9.78 Å². The molecule has 0 spiro atoms. The second kappa shape index (κ2) is 6.03. The molecule has 0 fully saturated rings. The minimum absolute atomic E-state index is 0.121. The van der Waals surface area contributed by atoms with Crippen molar-refractivity contribution in [2.75, 3.05) is 5.32 Å². The molecule has 2 aromatic rings. The summed E-state index contributed by atoms with van der Waals surface area (Å²) in [6.07, 6.45) is 0.195. The van der Waals surface area contributed by atoms with Gasteiger partial charge in [0, 0.05) is 23.9 Å². The standard InChI is InChI=1S/C15H17F2N3O/c1-9-6-10(2)20(19-9)11(3)7-15(21)18-12-4-5-13(16)14(17)8-12/h4-6,8,11H,7H2,1-3H3,(H,18,21). The number of aryl methyl sites for hydroxylation is 2. The van der Waals surface area contributed by atoms with E-state index in [4.69, 9.17) is 0 Å². The lowest BCUT2D eigenvalue weighted by Gasteiger charge is -2.14. The van der Waals surface area contributed by atoms with Gasteiger partial charge in [0.1, 0.15) is 0 Å². The first-order valence-corrected chi connectivity index (χ1v) is 6.64. The van der Waals surface area contributed by atoms with E-state index in [-0.39, 0.29) is 24.1 Å². The molecule has 1 N–H and O–H groups in total. The second-order valence-corrected chi connectivity index (χ2v) is 5.10. The van der Waals surface area contributed by atoms with E-state index in [9.17, 15) is 13.6 Å². The van der Waals surface area contributed by atoms with Gasteiger partial charge in [-0.25, -0.2) is 8.78 Å². The van der Waals surface area contributed by atoms with Gasteiger partial charge in [0.25, 0.3) is 0 Å². The summed E-state index contributed by atoms with van der Waals surface area (Å²) in [5.74, 6) is -2.20. The van der Waals surface area contributed by atoms with Gasteiger partial charge < -0.3 is 5.32 Å². The van der Waals surface area contributed by atoms with Crippen LogP contribution in [-0.4, -0.2) is 15.7 Å². The van der Waals surface area contributed by atoms with Crippen molar-refractivity contribution >= 4 is 11.6 Å². The molecule has 1 aromatic heterocycles. The predicted molar refractivity (Wildman–Crippen MR) is 76.0 cm³/mol. The minimum atomic E-state index is -0.987. The number of nitrogens with one attached hydrogen (secondary N) is 1. The van der Waals surface area contributed by atoms with Crippen molar-refractivity contribution in [2.24, 2.45) is 0 Å². The van der Waals surface area contributed by atoms with Crippen molar-refractivity contribution in [3.05, 3.63) is 47.3 Å². The van der Waals surface area contributed by atoms with Crippen LogP contribution in [0.15, 0.2) is 24.3 Å².